The van der Waals surface area contributed by atoms with E-state index in [-0.39, 0.29) is 11.3 Å². The van der Waals surface area contributed by atoms with Crippen molar-refractivity contribution in [1.29, 1.82) is 0 Å². The Labute approximate surface area is 84.2 Å². The van der Waals surface area contributed by atoms with Crippen LogP contribution in [-0.2, 0) is 0 Å². The van der Waals surface area contributed by atoms with Gasteiger partial charge in [-0.1, -0.05) is 0 Å². The topological polar surface area (TPSA) is 84.6 Å². The fourth-order valence-electron chi connectivity index (χ4n) is 1.23. The molecular weight excluding hydrogens is 198 g/mol. The van der Waals surface area contributed by atoms with Gasteiger partial charge in [-0.25, -0.2) is 14.3 Å². The zero-order valence-electron chi connectivity index (χ0n) is 7.84. The predicted molar refractivity (Wildman–Crippen MR) is 50.0 cm³/mol. The Morgan fingerprint density at radius 3 is 2.73 bits per heavy atom. The maximum Gasteiger partial charge on any atom is 0.338 e. The van der Waals surface area contributed by atoms with Crippen LogP contribution in [0.15, 0.2) is 18.6 Å². The maximum atomic E-state index is 11.1. The first-order chi connectivity index (χ1) is 7.09. The number of rotatable bonds is 2. The van der Waals surface area contributed by atoms with Gasteiger partial charge in [0.25, 0.3) is 0 Å². The number of carboxylic acids is 1. The summed E-state index contributed by atoms with van der Waals surface area (Å²) in [5, 5.41) is 12.6. The van der Waals surface area contributed by atoms with Crippen molar-refractivity contribution in [2.75, 3.05) is 0 Å². The molecule has 0 radical (unpaired) electrons. The minimum absolute atomic E-state index is 0.0284. The average Bonchev–Trinajstić information content (AvgIpc) is 2.59. The number of carbonyl (C=O) groups excluding carboxylic acids is 1. The lowest BCUT2D eigenvalue weighted by molar-refractivity contribution is 0.0695. The fourth-order valence-corrected chi connectivity index (χ4v) is 1.23. The normalized spacial score (nSPS) is 10.5. The third kappa shape index (κ3) is 1.45. The Hall–Kier alpha value is -2.24. The Kier molecular flexibility index (Phi) is 1.96. The van der Waals surface area contributed by atoms with Gasteiger partial charge >= 0.3 is 5.97 Å². The molecule has 76 valence electrons. The molecule has 1 N–H and O–H groups in total. The van der Waals surface area contributed by atoms with Crippen molar-refractivity contribution < 1.29 is 14.7 Å². The highest BCUT2D eigenvalue weighted by atomic mass is 16.4. The van der Waals surface area contributed by atoms with Crippen molar-refractivity contribution in [3.63, 3.8) is 0 Å². The Morgan fingerprint density at radius 1 is 1.40 bits per heavy atom. The van der Waals surface area contributed by atoms with Gasteiger partial charge in [-0.05, 0) is 6.92 Å². The van der Waals surface area contributed by atoms with Gasteiger partial charge in [0.2, 0.25) is 0 Å². The summed E-state index contributed by atoms with van der Waals surface area (Å²) in [6.45, 7) is 1.41. The summed E-state index contributed by atoms with van der Waals surface area (Å²) < 4.78 is 1.28. The van der Waals surface area contributed by atoms with E-state index in [1.807, 2.05) is 0 Å². The van der Waals surface area contributed by atoms with Crippen LogP contribution in [0.4, 0.5) is 0 Å². The second kappa shape index (κ2) is 3.16. The molecule has 0 saturated heterocycles. The van der Waals surface area contributed by atoms with E-state index in [1.54, 1.807) is 0 Å². The molecule has 0 aromatic carbocycles. The second-order valence-corrected chi connectivity index (χ2v) is 3.03. The minimum atomic E-state index is -1.08. The molecule has 0 aliphatic heterocycles. The minimum Gasteiger partial charge on any atom is -0.478 e. The lowest BCUT2D eigenvalue weighted by Crippen LogP contribution is -2.02. The molecule has 0 atom stereocenters. The van der Waals surface area contributed by atoms with Gasteiger partial charge in [-0.2, -0.15) is 5.10 Å². The molecule has 2 aromatic heterocycles. The second-order valence-electron chi connectivity index (χ2n) is 3.03. The molecule has 0 unspecified atom stereocenters. The van der Waals surface area contributed by atoms with E-state index in [0.717, 1.165) is 0 Å². The van der Waals surface area contributed by atoms with Gasteiger partial charge < -0.3 is 5.11 Å². The van der Waals surface area contributed by atoms with Gasteiger partial charge in [0, 0.05) is 12.4 Å². The molecule has 6 nitrogen and oxygen atoms in total. The van der Waals surface area contributed by atoms with Crippen LogP contribution in [-0.4, -0.2) is 31.5 Å². The van der Waals surface area contributed by atoms with E-state index >= 15 is 0 Å². The number of ketones is 1. The zero-order valence-corrected chi connectivity index (χ0v) is 7.84. The first kappa shape index (κ1) is 9.32. The molecule has 6 heteroatoms. The van der Waals surface area contributed by atoms with Crippen LogP contribution in [0.1, 0.15) is 27.6 Å². The van der Waals surface area contributed by atoms with Crippen LogP contribution in [0.5, 0.6) is 0 Å². The summed E-state index contributed by atoms with van der Waals surface area (Å²) in [6.07, 6.45) is 3.89. The number of fused-ring (bicyclic) bond motifs is 1. The van der Waals surface area contributed by atoms with Crippen molar-refractivity contribution in [2.45, 2.75) is 6.92 Å². The van der Waals surface area contributed by atoms with E-state index in [4.69, 9.17) is 5.11 Å². The van der Waals surface area contributed by atoms with Crippen LogP contribution in [0.3, 0.4) is 0 Å². The van der Waals surface area contributed by atoms with Crippen molar-refractivity contribution in [2.24, 2.45) is 0 Å². The van der Waals surface area contributed by atoms with E-state index < -0.39 is 5.97 Å². The largest absolute Gasteiger partial charge is 0.478 e. The highest BCUT2D eigenvalue weighted by molar-refractivity contribution is 5.99. The number of aromatic carboxylic acids is 1. The SMILES string of the molecule is CC(=O)c1cnn2cc(C(=O)O)cnc12. The van der Waals surface area contributed by atoms with Crippen molar-refractivity contribution in [3.8, 4) is 0 Å². The van der Waals surface area contributed by atoms with E-state index in [0.29, 0.717) is 11.2 Å². The monoisotopic (exact) mass is 205 g/mol. The molecular formula is C9H7N3O3. The van der Waals surface area contributed by atoms with Crippen LogP contribution in [0, 0.1) is 0 Å². The highest BCUT2D eigenvalue weighted by Crippen LogP contribution is 2.09. The molecule has 2 heterocycles. The number of hydrogen-bond donors (Lipinski definition) is 1. The summed E-state index contributed by atoms with van der Waals surface area (Å²) in [5.74, 6) is -1.23. The predicted octanol–water partition coefficient (Wildman–Crippen LogP) is 0.630. The quantitative estimate of drug-likeness (QED) is 0.727. The summed E-state index contributed by atoms with van der Waals surface area (Å²) >= 11 is 0. The molecule has 0 aliphatic carbocycles. The molecule has 0 bridgehead atoms. The molecule has 2 rings (SSSR count). The number of hydrogen-bond acceptors (Lipinski definition) is 4. The van der Waals surface area contributed by atoms with E-state index in [9.17, 15) is 9.59 Å². The molecule has 0 spiro atoms. The Balaban J connectivity index is 2.66. The third-order valence-electron chi connectivity index (χ3n) is 1.98. The van der Waals surface area contributed by atoms with Crippen LogP contribution < -0.4 is 0 Å². The molecule has 15 heavy (non-hydrogen) atoms. The lowest BCUT2D eigenvalue weighted by Gasteiger charge is -1.96. The number of carboxylic acid groups (broad SMARTS) is 1. The van der Waals surface area contributed by atoms with Gasteiger partial charge in [0.05, 0.1) is 17.3 Å². The van der Waals surface area contributed by atoms with Crippen LogP contribution in [0.2, 0.25) is 0 Å². The smallest absolute Gasteiger partial charge is 0.338 e. The third-order valence-corrected chi connectivity index (χ3v) is 1.98. The van der Waals surface area contributed by atoms with Gasteiger partial charge in [-0.15, -0.1) is 0 Å². The molecule has 0 aliphatic rings. The van der Waals surface area contributed by atoms with E-state index in [1.165, 1.54) is 30.0 Å². The van der Waals surface area contributed by atoms with Gasteiger partial charge in [-0.3, -0.25) is 4.79 Å². The summed E-state index contributed by atoms with van der Waals surface area (Å²) in [6, 6.07) is 0. The standard InChI is InChI=1S/C9H7N3O3/c1-5(13)7-3-11-12-4-6(9(14)15)2-10-8(7)12/h2-4H,1H3,(H,14,15). The molecule has 0 fully saturated rings. The van der Waals surface area contributed by atoms with Gasteiger partial charge in [0.1, 0.15) is 0 Å². The van der Waals surface area contributed by atoms with Crippen LogP contribution >= 0.6 is 0 Å². The Bertz CT molecular complexity index is 559. The summed E-state index contributed by atoms with van der Waals surface area (Å²) in [5.41, 5.74) is 0.778. The number of Topliss-reactive ketones (excluding diaryl/α,β-unsaturated/α-hetero) is 1. The average molecular weight is 205 g/mol. The first-order valence-electron chi connectivity index (χ1n) is 4.17. The van der Waals surface area contributed by atoms with Crippen molar-refractivity contribution in [1.82, 2.24) is 14.6 Å². The molecule has 2 aromatic rings. The highest BCUT2D eigenvalue weighted by Gasteiger charge is 2.11. The fraction of sp³-hybridized carbons (Fsp3) is 0.111. The summed E-state index contributed by atoms with van der Waals surface area (Å²) in [4.78, 5) is 25.6. The number of carbonyl (C=O) groups is 2. The van der Waals surface area contributed by atoms with Crippen molar-refractivity contribution in [3.05, 3.63) is 29.7 Å². The molecule has 0 amide bonds. The molecule has 0 saturated carbocycles. The lowest BCUT2D eigenvalue weighted by atomic mass is 10.2. The maximum absolute atomic E-state index is 11.1. The van der Waals surface area contributed by atoms with Crippen molar-refractivity contribution >= 4 is 17.4 Å². The zero-order chi connectivity index (χ0) is 11.0. The van der Waals surface area contributed by atoms with Crippen LogP contribution in [0.25, 0.3) is 5.65 Å². The number of aromatic nitrogens is 3. The Morgan fingerprint density at radius 2 is 2.13 bits per heavy atom. The number of nitrogens with zero attached hydrogens (tertiary/aromatic N) is 3. The summed E-state index contributed by atoms with van der Waals surface area (Å²) in [7, 11) is 0. The van der Waals surface area contributed by atoms with Gasteiger partial charge in [0.15, 0.2) is 11.4 Å². The first-order valence-corrected chi connectivity index (χ1v) is 4.17. The van der Waals surface area contributed by atoms with E-state index in [2.05, 4.69) is 10.1 Å².